The molecule has 7 rings (SSSR count). The minimum Gasteiger partial charge on any atom is -0.456 e. The fraction of sp³-hybridized carbons (Fsp3) is 0.393. The van der Waals surface area contributed by atoms with E-state index in [1.165, 1.54) is 16.7 Å². The molecule has 9 nitrogen and oxygen atoms in total. The molecule has 0 radical (unpaired) electrons. The van der Waals surface area contributed by atoms with E-state index >= 15 is 4.39 Å². The number of nitrogens with zero attached hydrogens (tertiary/aromatic N) is 3. The van der Waals surface area contributed by atoms with Crippen LogP contribution in [0.25, 0.3) is 22.3 Å². The maximum Gasteiger partial charge on any atom is 0.296 e. The van der Waals surface area contributed by atoms with E-state index in [1.807, 2.05) is 12.1 Å². The molecule has 1 aliphatic carbocycles. The number of fused-ring (bicyclic) bond motifs is 3. The van der Waals surface area contributed by atoms with Crippen LogP contribution < -0.4 is 10.3 Å². The number of halogens is 2. The van der Waals surface area contributed by atoms with Crippen LogP contribution in [0.4, 0.5) is 4.39 Å². The number of ether oxygens (including phenoxy) is 3. The van der Waals surface area contributed by atoms with E-state index in [1.54, 1.807) is 19.3 Å². The second-order valence-corrected chi connectivity index (χ2v) is 10.9. The first kappa shape index (κ1) is 24.7. The predicted octanol–water partition coefficient (Wildman–Crippen LogP) is 3.29. The number of nitrogens with one attached hydrogen (secondary N) is 1. The van der Waals surface area contributed by atoms with Gasteiger partial charge in [-0.05, 0) is 65.6 Å². The highest BCUT2D eigenvalue weighted by Gasteiger charge is 2.48. The average Bonchev–Trinajstić information content (AvgIpc) is 3.67. The molecule has 2 aliphatic heterocycles. The van der Waals surface area contributed by atoms with Gasteiger partial charge in [-0.25, -0.2) is 9.37 Å². The monoisotopic (exact) mass is 552 g/mol. The molecule has 0 amide bonds. The summed E-state index contributed by atoms with van der Waals surface area (Å²) < 4.78 is 34.1. The van der Waals surface area contributed by atoms with Crippen molar-refractivity contribution in [2.75, 3.05) is 13.2 Å². The first-order valence-corrected chi connectivity index (χ1v) is 13.3. The Morgan fingerprint density at radius 1 is 1.18 bits per heavy atom. The van der Waals surface area contributed by atoms with Crippen LogP contribution in [0.2, 0.25) is 5.02 Å². The van der Waals surface area contributed by atoms with Crippen molar-refractivity contribution in [3.63, 3.8) is 0 Å². The molecule has 2 N–H and O–H groups in total. The summed E-state index contributed by atoms with van der Waals surface area (Å²) in [4.78, 5) is 24.3. The average molecular weight is 553 g/mol. The van der Waals surface area contributed by atoms with Gasteiger partial charge in [0.25, 0.3) is 11.6 Å². The van der Waals surface area contributed by atoms with Crippen molar-refractivity contribution >= 4 is 22.8 Å². The molecule has 1 unspecified atom stereocenters. The van der Waals surface area contributed by atoms with Gasteiger partial charge in [0.1, 0.15) is 24.1 Å². The number of hydrogen-bond acceptors (Lipinski definition) is 7. The van der Waals surface area contributed by atoms with E-state index in [2.05, 4.69) is 15.0 Å². The molecule has 202 valence electrons. The summed E-state index contributed by atoms with van der Waals surface area (Å²) in [5.74, 6) is -0.358. The molecule has 0 spiro atoms. The Labute approximate surface area is 227 Å². The standard InChI is InChI=1S/C28H26ClFN4O5/c1-34-5-4-13(9-23(34)36)16-6-14-2-3-15(24(14)18(30)7-16)8-19-17(29)10-20-27(31-19)33-28(32-20)39-22-12-38-25-21(35)11-37-26(22)25/h4-7,9-10,15,21-22,25-26,35H,2-3,8,11-12H2,1H3,(H,31,32,33)/t15?,21-,22-,25-,26-/m1/s1. The normalized spacial score (nSPS) is 25.8. The lowest BCUT2D eigenvalue weighted by molar-refractivity contribution is 0.00706. The van der Waals surface area contributed by atoms with Crippen molar-refractivity contribution in [3.8, 4) is 17.1 Å². The second kappa shape index (κ2) is 9.41. The second-order valence-electron chi connectivity index (χ2n) is 10.5. The molecular weight excluding hydrogens is 527 g/mol. The molecule has 3 aromatic heterocycles. The van der Waals surface area contributed by atoms with Crippen molar-refractivity contribution in [3.05, 3.63) is 74.5 Å². The Bertz CT molecular complexity index is 1660. The highest BCUT2D eigenvalue weighted by molar-refractivity contribution is 6.31. The van der Waals surface area contributed by atoms with Crippen molar-refractivity contribution in [2.45, 2.75) is 49.6 Å². The number of imidazole rings is 1. The van der Waals surface area contributed by atoms with Gasteiger partial charge in [-0.3, -0.25) is 4.79 Å². The first-order valence-electron chi connectivity index (χ1n) is 13.0. The van der Waals surface area contributed by atoms with Crippen LogP contribution in [0.1, 0.15) is 29.2 Å². The lowest BCUT2D eigenvalue weighted by Gasteiger charge is -2.15. The summed E-state index contributed by atoms with van der Waals surface area (Å²) in [6.07, 6.45) is 1.85. The number of benzene rings is 1. The molecule has 0 bridgehead atoms. The van der Waals surface area contributed by atoms with Gasteiger partial charge in [0.05, 0.1) is 29.4 Å². The topological polar surface area (TPSA) is 111 Å². The molecule has 11 heteroatoms. The Kier molecular flexibility index (Phi) is 5.96. The van der Waals surface area contributed by atoms with Gasteiger partial charge in [0.2, 0.25) is 0 Å². The van der Waals surface area contributed by atoms with Crippen LogP contribution in [0, 0.1) is 5.82 Å². The molecule has 0 saturated carbocycles. The Morgan fingerprint density at radius 2 is 2.03 bits per heavy atom. The fourth-order valence-electron chi connectivity index (χ4n) is 5.97. The quantitative estimate of drug-likeness (QED) is 0.391. The first-order chi connectivity index (χ1) is 18.8. The predicted molar refractivity (Wildman–Crippen MR) is 141 cm³/mol. The minimum atomic E-state index is -0.660. The summed E-state index contributed by atoms with van der Waals surface area (Å²) in [5.41, 5.74) is 4.60. The largest absolute Gasteiger partial charge is 0.456 e. The van der Waals surface area contributed by atoms with E-state index in [4.69, 9.17) is 25.8 Å². The van der Waals surface area contributed by atoms with Gasteiger partial charge in [-0.1, -0.05) is 17.7 Å². The van der Waals surface area contributed by atoms with Crippen LogP contribution in [0.3, 0.4) is 0 Å². The van der Waals surface area contributed by atoms with Gasteiger partial charge in [0.15, 0.2) is 11.8 Å². The Hall–Kier alpha value is -3.31. The Morgan fingerprint density at radius 3 is 2.87 bits per heavy atom. The number of H-pyrrole nitrogens is 1. The van der Waals surface area contributed by atoms with Gasteiger partial charge >= 0.3 is 0 Å². The van der Waals surface area contributed by atoms with Gasteiger partial charge in [0, 0.05) is 19.3 Å². The third-order valence-corrected chi connectivity index (χ3v) is 8.31. The number of rotatable bonds is 5. The SMILES string of the molecule is Cn1ccc(-c2cc(F)c3c(c2)CCC3Cc2nc3nc(O[C@@H]4CO[C@H]5[C@@H]4OC[C@H]5O)[nH]c3cc2Cl)cc1=O. The fourth-order valence-corrected chi connectivity index (χ4v) is 6.19. The summed E-state index contributed by atoms with van der Waals surface area (Å²) in [6, 6.07) is 8.85. The van der Waals surface area contributed by atoms with E-state index in [9.17, 15) is 9.90 Å². The molecule has 1 aromatic carbocycles. The number of aliphatic hydroxyl groups is 1. The van der Waals surface area contributed by atoms with Gasteiger partial charge in [-0.15, -0.1) is 0 Å². The molecule has 2 saturated heterocycles. The van der Waals surface area contributed by atoms with Gasteiger partial charge in [-0.2, -0.15) is 4.98 Å². The van der Waals surface area contributed by atoms with Gasteiger partial charge < -0.3 is 28.9 Å². The lowest BCUT2D eigenvalue weighted by Crippen LogP contribution is -2.34. The highest BCUT2D eigenvalue weighted by Crippen LogP contribution is 2.40. The van der Waals surface area contributed by atoms with E-state index in [-0.39, 0.29) is 42.6 Å². The molecule has 2 fully saturated rings. The number of aryl methyl sites for hydroxylation is 2. The number of aromatic nitrogens is 4. The lowest BCUT2D eigenvalue weighted by atomic mass is 9.93. The van der Waals surface area contributed by atoms with Crippen LogP contribution >= 0.6 is 11.6 Å². The van der Waals surface area contributed by atoms with E-state index < -0.39 is 18.3 Å². The minimum absolute atomic E-state index is 0.0756. The number of aliphatic hydroxyl groups excluding tert-OH is 1. The van der Waals surface area contributed by atoms with E-state index in [0.717, 1.165) is 18.4 Å². The number of hydrogen-bond donors (Lipinski definition) is 2. The zero-order chi connectivity index (χ0) is 26.8. The molecule has 5 atom stereocenters. The van der Waals surface area contributed by atoms with Crippen molar-refractivity contribution < 1.29 is 23.7 Å². The summed E-state index contributed by atoms with van der Waals surface area (Å²) in [6.45, 7) is 0.506. The molecule has 5 heterocycles. The Balaban J connectivity index is 1.12. The summed E-state index contributed by atoms with van der Waals surface area (Å²) in [7, 11) is 1.68. The van der Waals surface area contributed by atoms with E-state index in [0.29, 0.717) is 45.0 Å². The molecule has 4 aromatic rings. The van der Waals surface area contributed by atoms with Crippen LogP contribution in [0.5, 0.6) is 6.01 Å². The molecule has 3 aliphatic rings. The summed E-state index contributed by atoms with van der Waals surface area (Å²) >= 11 is 6.61. The number of aromatic amines is 1. The zero-order valence-corrected chi connectivity index (χ0v) is 21.8. The highest BCUT2D eigenvalue weighted by atomic mass is 35.5. The summed E-state index contributed by atoms with van der Waals surface area (Å²) in [5, 5.41) is 10.4. The third-order valence-electron chi connectivity index (χ3n) is 7.99. The molecular formula is C28H26ClFN4O5. The smallest absolute Gasteiger partial charge is 0.296 e. The van der Waals surface area contributed by atoms with Crippen LogP contribution in [0.15, 0.2) is 41.3 Å². The number of pyridine rings is 2. The van der Waals surface area contributed by atoms with Crippen molar-refractivity contribution in [1.29, 1.82) is 0 Å². The molecule has 39 heavy (non-hydrogen) atoms. The maximum absolute atomic E-state index is 15.4. The van der Waals surface area contributed by atoms with Crippen LogP contribution in [-0.2, 0) is 29.4 Å². The van der Waals surface area contributed by atoms with Crippen molar-refractivity contribution in [1.82, 2.24) is 19.5 Å². The third kappa shape index (κ3) is 4.31. The maximum atomic E-state index is 15.4. The van der Waals surface area contributed by atoms with Crippen LogP contribution in [-0.4, -0.2) is 62.3 Å². The van der Waals surface area contributed by atoms with Crippen molar-refractivity contribution in [2.24, 2.45) is 7.05 Å². The zero-order valence-electron chi connectivity index (χ0n) is 21.1.